The SMILES string of the molecule is CCC(C)CN(C)C(c1ccc(C)cc1)C(N)CC. The van der Waals surface area contributed by atoms with Gasteiger partial charge in [-0.25, -0.2) is 0 Å². The van der Waals surface area contributed by atoms with Crippen molar-refractivity contribution in [2.45, 2.75) is 52.6 Å². The molecular formula is C17H30N2. The van der Waals surface area contributed by atoms with Gasteiger partial charge in [0.2, 0.25) is 0 Å². The Labute approximate surface area is 119 Å². The molecule has 19 heavy (non-hydrogen) atoms. The topological polar surface area (TPSA) is 29.3 Å². The highest BCUT2D eigenvalue weighted by molar-refractivity contribution is 5.25. The zero-order valence-corrected chi connectivity index (χ0v) is 13.2. The summed E-state index contributed by atoms with van der Waals surface area (Å²) < 4.78 is 0. The van der Waals surface area contributed by atoms with Crippen molar-refractivity contribution in [1.82, 2.24) is 4.90 Å². The van der Waals surface area contributed by atoms with E-state index in [0.717, 1.165) is 13.0 Å². The van der Waals surface area contributed by atoms with Gasteiger partial charge in [-0.2, -0.15) is 0 Å². The molecule has 1 rings (SSSR count). The average molecular weight is 262 g/mol. The van der Waals surface area contributed by atoms with Gasteiger partial charge in [-0.1, -0.05) is 57.0 Å². The molecule has 0 aliphatic heterocycles. The summed E-state index contributed by atoms with van der Waals surface area (Å²) in [6, 6.07) is 9.32. The van der Waals surface area contributed by atoms with E-state index in [1.54, 1.807) is 0 Å². The third kappa shape index (κ3) is 4.63. The van der Waals surface area contributed by atoms with Crippen LogP contribution in [0, 0.1) is 12.8 Å². The largest absolute Gasteiger partial charge is 0.326 e. The lowest BCUT2D eigenvalue weighted by Gasteiger charge is -2.34. The summed E-state index contributed by atoms with van der Waals surface area (Å²) in [6.45, 7) is 9.95. The van der Waals surface area contributed by atoms with Crippen LogP contribution in [0.25, 0.3) is 0 Å². The van der Waals surface area contributed by atoms with Gasteiger partial charge in [0.25, 0.3) is 0 Å². The second-order valence-electron chi connectivity index (χ2n) is 5.88. The molecule has 0 aromatic heterocycles. The Kier molecular flexibility index (Phi) is 6.53. The fourth-order valence-corrected chi connectivity index (χ4v) is 2.55. The first-order chi connectivity index (χ1) is 8.99. The van der Waals surface area contributed by atoms with Crippen LogP contribution in [-0.4, -0.2) is 24.5 Å². The monoisotopic (exact) mass is 262 g/mol. The Hall–Kier alpha value is -0.860. The van der Waals surface area contributed by atoms with Crippen LogP contribution in [0.1, 0.15) is 50.8 Å². The molecule has 0 amide bonds. The molecule has 2 N–H and O–H groups in total. The van der Waals surface area contributed by atoms with Crippen molar-refractivity contribution in [3.63, 3.8) is 0 Å². The Morgan fingerprint density at radius 1 is 1.11 bits per heavy atom. The molecule has 3 unspecified atom stereocenters. The minimum absolute atomic E-state index is 0.191. The summed E-state index contributed by atoms with van der Waals surface area (Å²) in [7, 11) is 2.20. The van der Waals surface area contributed by atoms with Crippen LogP contribution in [0.5, 0.6) is 0 Å². The van der Waals surface area contributed by atoms with Crippen LogP contribution in [-0.2, 0) is 0 Å². The van der Waals surface area contributed by atoms with Crippen LogP contribution in [0.2, 0.25) is 0 Å². The molecule has 2 nitrogen and oxygen atoms in total. The fraction of sp³-hybridized carbons (Fsp3) is 0.647. The standard InChI is InChI=1S/C17H30N2/c1-6-13(3)12-19(5)17(16(18)7-2)15-10-8-14(4)9-11-15/h8-11,13,16-17H,6-7,12,18H2,1-5H3. The number of nitrogens with two attached hydrogens (primary N) is 1. The van der Waals surface area contributed by atoms with E-state index < -0.39 is 0 Å². The zero-order chi connectivity index (χ0) is 14.4. The number of hydrogen-bond acceptors (Lipinski definition) is 2. The summed E-state index contributed by atoms with van der Waals surface area (Å²) in [5.74, 6) is 0.710. The number of rotatable bonds is 7. The molecule has 0 saturated carbocycles. The Morgan fingerprint density at radius 2 is 1.68 bits per heavy atom. The predicted octanol–water partition coefficient (Wildman–Crippen LogP) is 3.75. The number of nitrogens with zero attached hydrogens (tertiary/aromatic N) is 1. The van der Waals surface area contributed by atoms with Crippen molar-refractivity contribution < 1.29 is 0 Å². The molecule has 3 atom stereocenters. The normalized spacial score (nSPS) is 16.4. The molecule has 108 valence electrons. The van der Waals surface area contributed by atoms with E-state index in [1.807, 2.05) is 0 Å². The van der Waals surface area contributed by atoms with Gasteiger partial charge in [-0.3, -0.25) is 4.90 Å². The van der Waals surface area contributed by atoms with Gasteiger partial charge in [-0.05, 0) is 31.9 Å². The van der Waals surface area contributed by atoms with E-state index in [4.69, 9.17) is 5.73 Å². The van der Waals surface area contributed by atoms with Crippen LogP contribution in [0.15, 0.2) is 24.3 Å². The lowest BCUT2D eigenvalue weighted by atomic mass is 9.95. The molecule has 0 bridgehead atoms. The molecule has 0 saturated heterocycles. The second kappa shape index (κ2) is 7.66. The van der Waals surface area contributed by atoms with E-state index in [9.17, 15) is 0 Å². The lowest BCUT2D eigenvalue weighted by molar-refractivity contribution is 0.182. The summed E-state index contributed by atoms with van der Waals surface area (Å²) >= 11 is 0. The van der Waals surface area contributed by atoms with Gasteiger partial charge < -0.3 is 5.73 Å². The molecule has 0 aliphatic rings. The minimum atomic E-state index is 0.191. The molecule has 0 spiro atoms. The Balaban J connectivity index is 2.91. The zero-order valence-electron chi connectivity index (χ0n) is 13.2. The Bertz CT molecular complexity index is 358. The number of benzene rings is 1. The quantitative estimate of drug-likeness (QED) is 0.811. The van der Waals surface area contributed by atoms with E-state index in [0.29, 0.717) is 12.0 Å². The van der Waals surface area contributed by atoms with Crippen LogP contribution < -0.4 is 5.73 Å². The first-order valence-electron chi connectivity index (χ1n) is 7.51. The molecule has 0 radical (unpaired) electrons. The van der Waals surface area contributed by atoms with E-state index in [1.165, 1.54) is 17.5 Å². The summed E-state index contributed by atoms with van der Waals surface area (Å²) in [5, 5.41) is 0. The van der Waals surface area contributed by atoms with Crippen molar-refractivity contribution in [2.75, 3.05) is 13.6 Å². The third-order valence-electron chi connectivity index (χ3n) is 4.07. The summed E-state index contributed by atoms with van der Waals surface area (Å²) in [5.41, 5.74) is 9.01. The summed E-state index contributed by atoms with van der Waals surface area (Å²) in [4.78, 5) is 2.42. The van der Waals surface area contributed by atoms with Crippen molar-refractivity contribution in [2.24, 2.45) is 11.7 Å². The van der Waals surface area contributed by atoms with Gasteiger partial charge in [0.15, 0.2) is 0 Å². The van der Waals surface area contributed by atoms with E-state index in [2.05, 4.69) is 63.9 Å². The van der Waals surface area contributed by atoms with Gasteiger partial charge in [0.05, 0.1) is 0 Å². The van der Waals surface area contributed by atoms with E-state index >= 15 is 0 Å². The van der Waals surface area contributed by atoms with Gasteiger partial charge in [-0.15, -0.1) is 0 Å². The van der Waals surface area contributed by atoms with Crippen molar-refractivity contribution in [3.8, 4) is 0 Å². The highest BCUT2D eigenvalue weighted by Gasteiger charge is 2.23. The second-order valence-corrected chi connectivity index (χ2v) is 5.88. The van der Waals surface area contributed by atoms with Gasteiger partial charge >= 0.3 is 0 Å². The number of likely N-dealkylation sites (N-methyl/N-ethyl adjacent to an activating group) is 1. The van der Waals surface area contributed by atoms with Crippen molar-refractivity contribution in [1.29, 1.82) is 0 Å². The fourth-order valence-electron chi connectivity index (χ4n) is 2.55. The van der Waals surface area contributed by atoms with E-state index in [-0.39, 0.29) is 6.04 Å². The molecule has 1 aromatic rings. The van der Waals surface area contributed by atoms with Crippen molar-refractivity contribution >= 4 is 0 Å². The maximum absolute atomic E-state index is 6.36. The molecule has 1 aromatic carbocycles. The maximum atomic E-state index is 6.36. The predicted molar refractivity (Wildman–Crippen MR) is 84.3 cm³/mol. The maximum Gasteiger partial charge on any atom is 0.0496 e. The highest BCUT2D eigenvalue weighted by atomic mass is 15.1. The molecule has 0 fully saturated rings. The molecule has 2 heteroatoms. The number of aryl methyl sites for hydroxylation is 1. The molecule has 0 aliphatic carbocycles. The first-order valence-corrected chi connectivity index (χ1v) is 7.51. The molecule has 0 heterocycles. The van der Waals surface area contributed by atoms with Crippen molar-refractivity contribution in [3.05, 3.63) is 35.4 Å². The number of hydrogen-bond donors (Lipinski definition) is 1. The van der Waals surface area contributed by atoms with Crippen LogP contribution >= 0.6 is 0 Å². The van der Waals surface area contributed by atoms with Gasteiger partial charge in [0, 0.05) is 18.6 Å². The first kappa shape index (κ1) is 16.2. The van der Waals surface area contributed by atoms with Crippen LogP contribution in [0.4, 0.5) is 0 Å². The lowest BCUT2D eigenvalue weighted by Crippen LogP contribution is -2.40. The van der Waals surface area contributed by atoms with Crippen LogP contribution in [0.3, 0.4) is 0 Å². The Morgan fingerprint density at radius 3 is 2.16 bits per heavy atom. The average Bonchev–Trinajstić information content (AvgIpc) is 2.40. The summed E-state index contributed by atoms with van der Waals surface area (Å²) in [6.07, 6.45) is 2.22. The third-order valence-corrected chi connectivity index (χ3v) is 4.07. The smallest absolute Gasteiger partial charge is 0.0496 e. The van der Waals surface area contributed by atoms with Gasteiger partial charge in [0.1, 0.15) is 0 Å². The highest BCUT2D eigenvalue weighted by Crippen LogP contribution is 2.25. The minimum Gasteiger partial charge on any atom is -0.326 e. The molecular weight excluding hydrogens is 232 g/mol.